The number of fused-ring (bicyclic) bond motifs is 1. The normalized spacial score (nSPS) is 10.6. The van der Waals surface area contributed by atoms with Crippen LogP contribution in [0.2, 0.25) is 0 Å². The first-order chi connectivity index (χ1) is 17.5. The van der Waals surface area contributed by atoms with Crippen LogP contribution in [-0.4, -0.2) is 25.1 Å². The average molecular weight is 479 g/mol. The molecule has 0 saturated heterocycles. The molecule has 8 heteroatoms. The van der Waals surface area contributed by atoms with Gasteiger partial charge in [-0.25, -0.2) is 9.37 Å². The number of imidazole rings is 1. The largest absolute Gasteiger partial charge is 0.350 e. The number of carbonyl (C=O) groups excluding carboxylic acids is 1. The zero-order valence-electron chi connectivity index (χ0n) is 19.8. The molecule has 0 atom stereocenters. The second kappa shape index (κ2) is 9.76. The maximum atomic E-state index is 14.0. The molecule has 0 aliphatic rings. The summed E-state index contributed by atoms with van der Waals surface area (Å²) in [4.78, 5) is 17.3. The summed E-state index contributed by atoms with van der Waals surface area (Å²) in [5.41, 5.74) is 5.43. The number of aryl methyl sites for hydroxylation is 2. The van der Waals surface area contributed by atoms with E-state index in [2.05, 4.69) is 32.6 Å². The zero-order chi connectivity index (χ0) is 25.1. The molecule has 5 aromatic rings. The lowest BCUT2D eigenvalue weighted by atomic mass is 10.0. The minimum Gasteiger partial charge on any atom is -0.350 e. The summed E-state index contributed by atoms with van der Waals surface area (Å²) >= 11 is 0. The van der Waals surface area contributed by atoms with E-state index in [4.69, 9.17) is 0 Å². The average Bonchev–Trinajstić information content (AvgIpc) is 3.50. The van der Waals surface area contributed by atoms with Gasteiger partial charge in [0.2, 0.25) is 0 Å². The Morgan fingerprint density at radius 1 is 1.06 bits per heavy atom. The van der Waals surface area contributed by atoms with Crippen LogP contribution in [0.3, 0.4) is 0 Å². The van der Waals surface area contributed by atoms with Crippen molar-refractivity contribution < 1.29 is 9.18 Å². The van der Waals surface area contributed by atoms with Gasteiger partial charge in [-0.05, 0) is 54.3 Å². The van der Waals surface area contributed by atoms with Gasteiger partial charge in [0.15, 0.2) is 5.65 Å². The molecule has 0 aliphatic carbocycles. The third kappa shape index (κ3) is 4.68. The van der Waals surface area contributed by atoms with E-state index in [9.17, 15) is 9.18 Å². The van der Waals surface area contributed by atoms with E-state index >= 15 is 0 Å². The molecule has 0 aliphatic heterocycles. The lowest BCUT2D eigenvalue weighted by Crippen LogP contribution is -2.13. The van der Waals surface area contributed by atoms with E-state index in [1.807, 2.05) is 49.0 Å². The van der Waals surface area contributed by atoms with E-state index in [-0.39, 0.29) is 5.69 Å². The molecule has 3 aromatic heterocycles. The van der Waals surface area contributed by atoms with Gasteiger partial charge in [-0.15, -0.1) is 0 Å². The Balaban J connectivity index is 1.44. The van der Waals surface area contributed by atoms with Crippen molar-refractivity contribution in [1.82, 2.24) is 19.2 Å². The van der Waals surface area contributed by atoms with Gasteiger partial charge in [-0.2, -0.15) is 5.10 Å². The van der Waals surface area contributed by atoms with Crippen molar-refractivity contribution in [3.63, 3.8) is 0 Å². The number of rotatable bonds is 5. The van der Waals surface area contributed by atoms with Crippen LogP contribution in [0.1, 0.15) is 34.1 Å². The molecule has 0 saturated carbocycles. The molecular formula is C28H23FN6O. The number of anilines is 3. The summed E-state index contributed by atoms with van der Waals surface area (Å²) < 4.78 is 17.6. The van der Waals surface area contributed by atoms with Crippen molar-refractivity contribution >= 4 is 28.6 Å². The van der Waals surface area contributed by atoms with E-state index in [1.54, 1.807) is 41.3 Å². The van der Waals surface area contributed by atoms with Crippen molar-refractivity contribution in [2.75, 3.05) is 10.6 Å². The number of carbonyl (C=O) groups is 1. The van der Waals surface area contributed by atoms with Gasteiger partial charge in [0.05, 0.1) is 29.5 Å². The highest BCUT2D eigenvalue weighted by Gasteiger charge is 2.12. The first-order valence-corrected chi connectivity index (χ1v) is 11.4. The highest BCUT2D eigenvalue weighted by molar-refractivity contribution is 6.04. The van der Waals surface area contributed by atoms with E-state index in [0.29, 0.717) is 11.3 Å². The first-order valence-electron chi connectivity index (χ1n) is 11.4. The summed E-state index contributed by atoms with van der Waals surface area (Å²) in [6.07, 6.45) is 8.01. The molecule has 36 heavy (non-hydrogen) atoms. The third-order valence-corrected chi connectivity index (χ3v) is 5.72. The molecule has 0 spiro atoms. The molecule has 7 nitrogen and oxygen atoms in total. The summed E-state index contributed by atoms with van der Waals surface area (Å²) in [7, 11) is 1.86. The van der Waals surface area contributed by atoms with Gasteiger partial charge in [-0.3, -0.25) is 13.9 Å². The Morgan fingerprint density at radius 3 is 2.67 bits per heavy atom. The van der Waals surface area contributed by atoms with Crippen LogP contribution in [0.25, 0.3) is 5.65 Å². The van der Waals surface area contributed by atoms with E-state index in [1.165, 1.54) is 12.1 Å². The molecule has 0 bridgehead atoms. The predicted octanol–water partition coefficient (Wildman–Crippen LogP) is 5.17. The van der Waals surface area contributed by atoms with Crippen molar-refractivity contribution in [1.29, 1.82) is 0 Å². The van der Waals surface area contributed by atoms with Gasteiger partial charge < -0.3 is 10.6 Å². The molecule has 0 fully saturated rings. The smallest absolute Gasteiger partial charge is 0.255 e. The summed E-state index contributed by atoms with van der Waals surface area (Å²) in [6, 6.07) is 15.3. The quantitative estimate of drug-likeness (QED) is 0.342. The highest BCUT2D eigenvalue weighted by atomic mass is 19.1. The number of para-hydroxylation sites is 1. The number of amides is 1. The van der Waals surface area contributed by atoms with Crippen molar-refractivity contribution in [2.24, 2.45) is 7.05 Å². The number of hydrogen-bond donors (Lipinski definition) is 2. The van der Waals surface area contributed by atoms with Crippen LogP contribution >= 0.6 is 0 Å². The monoisotopic (exact) mass is 478 g/mol. The fraction of sp³-hybridized carbons (Fsp3) is 0.107. The van der Waals surface area contributed by atoms with Gasteiger partial charge in [0.25, 0.3) is 5.91 Å². The number of nitrogens with one attached hydrogen (secondary N) is 2. The molecule has 0 radical (unpaired) electrons. The van der Waals surface area contributed by atoms with Gasteiger partial charge >= 0.3 is 0 Å². The number of nitrogens with zero attached hydrogens (tertiary/aromatic N) is 4. The van der Waals surface area contributed by atoms with E-state index in [0.717, 1.165) is 34.6 Å². The Bertz CT molecular complexity index is 1640. The molecule has 3 heterocycles. The molecule has 178 valence electrons. The molecular weight excluding hydrogens is 455 g/mol. The Hall–Kier alpha value is -4.90. The summed E-state index contributed by atoms with van der Waals surface area (Å²) in [6.45, 7) is 2.03. The van der Waals surface area contributed by atoms with Crippen LogP contribution in [0.4, 0.5) is 21.5 Å². The number of pyridine rings is 1. The molecule has 2 aromatic carbocycles. The first kappa shape index (κ1) is 22.9. The number of halogens is 1. The van der Waals surface area contributed by atoms with Crippen molar-refractivity contribution in [3.05, 3.63) is 108 Å². The summed E-state index contributed by atoms with van der Waals surface area (Å²) in [5, 5.41) is 10.1. The number of hydrogen-bond acceptors (Lipinski definition) is 4. The summed E-state index contributed by atoms with van der Waals surface area (Å²) in [5.74, 6) is 5.51. The van der Waals surface area contributed by atoms with E-state index < -0.39 is 11.7 Å². The second-order valence-electron chi connectivity index (χ2n) is 8.20. The number of benzene rings is 2. The molecule has 1 amide bonds. The van der Waals surface area contributed by atoms with Gasteiger partial charge in [0.1, 0.15) is 11.5 Å². The fourth-order valence-electron chi connectivity index (χ4n) is 3.87. The minimum absolute atomic E-state index is 0.135. The Labute approximate surface area is 207 Å². The van der Waals surface area contributed by atoms with Gasteiger partial charge in [0, 0.05) is 30.6 Å². The number of aromatic nitrogens is 4. The third-order valence-electron chi connectivity index (χ3n) is 5.72. The van der Waals surface area contributed by atoms with Crippen molar-refractivity contribution in [3.8, 4) is 11.8 Å². The Kier molecular flexibility index (Phi) is 6.20. The van der Waals surface area contributed by atoms with Crippen LogP contribution in [0, 0.1) is 17.7 Å². The second-order valence-corrected chi connectivity index (χ2v) is 8.20. The van der Waals surface area contributed by atoms with Gasteiger partial charge in [-0.1, -0.05) is 31.0 Å². The van der Waals surface area contributed by atoms with Crippen LogP contribution in [-0.2, 0) is 13.5 Å². The Morgan fingerprint density at radius 2 is 1.89 bits per heavy atom. The minimum atomic E-state index is -0.485. The lowest BCUT2D eigenvalue weighted by Gasteiger charge is -2.08. The van der Waals surface area contributed by atoms with Crippen molar-refractivity contribution in [2.45, 2.75) is 13.3 Å². The lowest BCUT2D eigenvalue weighted by molar-refractivity contribution is 0.102. The maximum Gasteiger partial charge on any atom is 0.255 e. The van der Waals surface area contributed by atoms with Crippen LogP contribution in [0.5, 0.6) is 0 Å². The topological polar surface area (TPSA) is 76.2 Å². The zero-order valence-corrected chi connectivity index (χ0v) is 19.8. The fourth-order valence-corrected chi connectivity index (χ4v) is 3.87. The maximum absolute atomic E-state index is 14.0. The molecule has 5 rings (SSSR count). The molecule has 0 unspecified atom stereocenters. The standard InChI is InChI=1S/C28H23FN6O/c1-3-19-10-11-21(28(36)33-25-8-5-4-7-24(25)29)15-20(19)12-13-23-17-30-27-26(9-6-14-35(23)27)32-22-16-31-34(2)18-22/h4-11,14-18,32H,3H2,1-2H3,(H,33,36). The van der Waals surface area contributed by atoms with Crippen LogP contribution in [0.15, 0.2) is 79.4 Å². The SMILES string of the molecule is CCc1ccc(C(=O)Nc2ccccc2F)cc1C#Cc1cnc2c(Nc3cnn(C)c3)cccn12. The predicted molar refractivity (Wildman–Crippen MR) is 138 cm³/mol. The molecule has 2 N–H and O–H groups in total. The highest BCUT2D eigenvalue weighted by Crippen LogP contribution is 2.22. The van der Waals surface area contributed by atoms with Crippen LogP contribution < -0.4 is 10.6 Å².